The van der Waals surface area contributed by atoms with E-state index in [4.69, 9.17) is 4.74 Å². The second-order valence-electron chi connectivity index (χ2n) is 4.33. The number of halogens is 2. The summed E-state index contributed by atoms with van der Waals surface area (Å²) >= 11 is 3.24. The third kappa shape index (κ3) is 3.96. The molecule has 1 saturated heterocycles. The lowest BCUT2D eigenvalue weighted by Gasteiger charge is -2.10. The molecule has 1 aliphatic rings. The van der Waals surface area contributed by atoms with Gasteiger partial charge in [-0.25, -0.2) is 4.39 Å². The maximum Gasteiger partial charge on any atom is 0.147 e. The van der Waals surface area contributed by atoms with Gasteiger partial charge in [-0.05, 0) is 43.9 Å². The second kappa shape index (κ2) is 6.36. The molecule has 2 rings (SSSR count). The molecule has 1 atom stereocenters. The van der Waals surface area contributed by atoms with Gasteiger partial charge in [-0.3, -0.25) is 0 Å². The molecule has 0 saturated carbocycles. The van der Waals surface area contributed by atoms with E-state index >= 15 is 0 Å². The number of hydrogen-bond donors (Lipinski definition) is 1. The Morgan fingerprint density at radius 3 is 3.06 bits per heavy atom. The van der Waals surface area contributed by atoms with Crippen molar-refractivity contribution in [2.24, 2.45) is 0 Å². The zero-order chi connectivity index (χ0) is 12.1. The van der Waals surface area contributed by atoms with E-state index in [9.17, 15) is 4.39 Å². The highest BCUT2D eigenvalue weighted by Gasteiger charge is 2.14. The molecule has 0 aromatic heterocycles. The number of benzene rings is 1. The molecular formula is C13H17BrFNO. The van der Waals surface area contributed by atoms with Crippen molar-refractivity contribution in [1.82, 2.24) is 0 Å². The zero-order valence-corrected chi connectivity index (χ0v) is 11.3. The topological polar surface area (TPSA) is 21.3 Å². The van der Waals surface area contributed by atoms with Crippen molar-refractivity contribution in [3.05, 3.63) is 28.5 Å². The van der Waals surface area contributed by atoms with Crippen LogP contribution in [0.2, 0.25) is 0 Å². The quantitative estimate of drug-likeness (QED) is 0.831. The van der Waals surface area contributed by atoms with Crippen molar-refractivity contribution in [3.63, 3.8) is 0 Å². The van der Waals surface area contributed by atoms with Crippen molar-refractivity contribution < 1.29 is 9.13 Å². The van der Waals surface area contributed by atoms with Crippen LogP contribution in [0.5, 0.6) is 0 Å². The second-order valence-corrected chi connectivity index (χ2v) is 5.24. The van der Waals surface area contributed by atoms with E-state index in [2.05, 4.69) is 21.2 Å². The maximum absolute atomic E-state index is 13.5. The van der Waals surface area contributed by atoms with Gasteiger partial charge >= 0.3 is 0 Å². The molecule has 1 heterocycles. The van der Waals surface area contributed by atoms with Crippen molar-refractivity contribution >= 4 is 21.6 Å². The Labute approximate surface area is 110 Å². The lowest BCUT2D eigenvalue weighted by molar-refractivity contribution is 0.103. The minimum absolute atomic E-state index is 0.212. The van der Waals surface area contributed by atoms with E-state index in [1.165, 1.54) is 18.9 Å². The SMILES string of the molecule is Fc1cc(Br)ccc1NCCCC1CCCO1. The Morgan fingerprint density at radius 2 is 2.35 bits per heavy atom. The molecule has 2 nitrogen and oxygen atoms in total. The average Bonchev–Trinajstić information content (AvgIpc) is 2.79. The molecular weight excluding hydrogens is 285 g/mol. The molecule has 0 radical (unpaired) electrons. The number of rotatable bonds is 5. The van der Waals surface area contributed by atoms with Gasteiger partial charge in [0.15, 0.2) is 0 Å². The molecule has 17 heavy (non-hydrogen) atoms. The van der Waals surface area contributed by atoms with Crippen LogP contribution in [-0.4, -0.2) is 19.3 Å². The summed E-state index contributed by atoms with van der Waals surface area (Å²) in [6.45, 7) is 1.69. The van der Waals surface area contributed by atoms with E-state index in [1.54, 1.807) is 6.07 Å². The van der Waals surface area contributed by atoms with Gasteiger partial charge < -0.3 is 10.1 Å². The largest absolute Gasteiger partial charge is 0.383 e. The summed E-state index contributed by atoms with van der Waals surface area (Å²) < 4.78 is 19.8. The van der Waals surface area contributed by atoms with Gasteiger partial charge in [0.25, 0.3) is 0 Å². The molecule has 4 heteroatoms. The van der Waals surface area contributed by atoms with Crippen LogP contribution in [0.1, 0.15) is 25.7 Å². The molecule has 0 spiro atoms. The van der Waals surface area contributed by atoms with Crippen LogP contribution in [0.4, 0.5) is 10.1 Å². The molecule has 94 valence electrons. The summed E-state index contributed by atoms with van der Waals surface area (Å²) in [5.41, 5.74) is 0.570. The molecule has 1 N–H and O–H groups in total. The van der Waals surface area contributed by atoms with Gasteiger partial charge in [-0.2, -0.15) is 0 Å². The van der Waals surface area contributed by atoms with Crippen LogP contribution < -0.4 is 5.32 Å². The van der Waals surface area contributed by atoms with Crippen molar-refractivity contribution in [3.8, 4) is 0 Å². The maximum atomic E-state index is 13.5. The van der Waals surface area contributed by atoms with Crippen LogP contribution in [-0.2, 0) is 4.74 Å². The van der Waals surface area contributed by atoms with E-state index in [0.717, 1.165) is 30.5 Å². The summed E-state index contributed by atoms with van der Waals surface area (Å²) in [6.07, 6.45) is 4.85. The van der Waals surface area contributed by atoms with Gasteiger partial charge in [-0.15, -0.1) is 0 Å². The van der Waals surface area contributed by atoms with Crippen LogP contribution in [0, 0.1) is 5.82 Å². The van der Waals surface area contributed by atoms with Crippen molar-refractivity contribution in [2.45, 2.75) is 31.8 Å². The third-order valence-corrected chi connectivity index (χ3v) is 3.47. The van der Waals surface area contributed by atoms with E-state index in [1.807, 2.05) is 6.07 Å². The van der Waals surface area contributed by atoms with Crippen molar-refractivity contribution in [2.75, 3.05) is 18.5 Å². The minimum Gasteiger partial charge on any atom is -0.383 e. The van der Waals surface area contributed by atoms with Gasteiger partial charge in [0.05, 0.1) is 11.8 Å². The minimum atomic E-state index is -0.212. The van der Waals surface area contributed by atoms with Crippen LogP contribution >= 0.6 is 15.9 Å². The Morgan fingerprint density at radius 1 is 1.47 bits per heavy atom. The Balaban J connectivity index is 1.70. The Hall–Kier alpha value is -0.610. The standard InChI is InChI=1S/C13H17BrFNO/c14-10-5-6-13(12(15)9-10)16-7-1-3-11-4-2-8-17-11/h5-6,9,11,16H,1-4,7-8H2. The first kappa shape index (κ1) is 12.8. The van der Waals surface area contributed by atoms with Gasteiger partial charge in [0.1, 0.15) is 5.82 Å². The lowest BCUT2D eigenvalue weighted by Crippen LogP contribution is -2.09. The summed E-state index contributed by atoms with van der Waals surface area (Å²) in [7, 11) is 0. The zero-order valence-electron chi connectivity index (χ0n) is 9.72. The number of anilines is 1. The molecule has 1 unspecified atom stereocenters. The fourth-order valence-corrected chi connectivity index (χ4v) is 2.39. The Kier molecular flexibility index (Phi) is 4.80. The molecule has 1 fully saturated rings. The third-order valence-electron chi connectivity index (χ3n) is 2.97. The molecule has 0 amide bonds. The fourth-order valence-electron chi connectivity index (χ4n) is 2.06. The number of nitrogens with one attached hydrogen (secondary N) is 1. The van der Waals surface area contributed by atoms with E-state index in [0.29, 0.717) is 11.8 Å². The first-order valence-corrected chi connectivity index (χ1v) is 6.85. The molecule has 0 aliphatic carbocycles. The predicted molar refractivity (Wildman–Crippen MR) is 70.8 cm³/mol. The molecule has 1 aliphatic heterocycles. The average molecular weight is 302 g/mol. The monoisotopic (exact) mass is 301 g/mol. The number of ether oxygens (including phenoxy) is 1. The van der Waals surface area contributed by atoms with Crippen LogP contribution in [0.3, 0.4) is 0 Å². The normalized spacial score (nSPS) is 19.5. The van der Waals surface area contributed by atoms with E-state index < -0.39 is 0 Å². The highest BCUT2D eigenvalue weighted by molar-refractivity contribution is 9.10. The first-order valence-electron chi connectivity index (χ1n) is 6.06. The van der Waals surface area contributed by atoms with Gasteiger partial charge in [-0.1, -0.05) is 15.9 Å². The summed E-state index contributed by atoms with van der Waals surface area (Å²) in [6, 6.07) is 5.07. The fraction of sp³-hybridized carbons (Fsp3) is 0.538. The van der Waals surface area contributed by atoms with Crippen molar-refractivity contribution in [1.29, 1.82) is 0 Å². The highest BCUT2D eigenvalue weighted by Crippen LogP contribution is 2.20. The van der Waals surface area contributed by atoms with Gasteiger partial charge in [0.2, 0.25) is 0 Å². The summed E-state index contributed by atoms with van der Waals surface area (Å²) in [5.74, 6) is -0.212. The Bertz CT molecular complexity index is 366. The lowest BCUT2D eigenvalue weighted by atomic mass is 10.1. The summed E-state index contributed by atoms with van der Waals surface area (Å²) in [4.78, 5) is 0. The first-order chi connectivity index (χ1) is 8.25. The van der Waals surface area contributed by atoms with E-state index in [-0.39, 0.29) is 5.82 Å². The van der Waals surface area contributed by atoms with Crippen LogP contribution in [0.15, 0.2) is 22.7 Å². The molecule has 0 bridgehead atoms. The van der Waals surface area contributed by atoms with Gasteiger partial charge in [0, 0.05) is 17.6 Å². The summed E-state index contributed by atoms with van der Waals surface area (Å²) in [5, 5.41) is 3.11. The molecule has 1 aromatic carbocycles. The highest BCUT2D eigenvalue weighted by atomic mass is 79.9. The predicted octanol–water partition coefficient (Wildman–Crippen LogP) is 3.96. The number of hydrogen-bond acceptors (Lipinski definition) is 2. The smallest absolute Gasteiger partial charge is 0.147 e. The molecule has 1 aromatic rings. The van der Waals surface area contributed by atoms with Crippen LogP contribution in [0.25, 0.3) is 0 Å².